The summed E-state index contributed by atoms with van der Waals surface area (Å²) in [5.74, 6) is 1.38. The zero-order valence-corrected chi connectivity index (χ0v) is 11.4. The van der Waals surface area contributed by atoms with Gasteiger partial charge in [0.05, 0.1) is 18.4 Å². The minimum Gasteiger partial charge on any atom is -0.492 e. The van der Waals surface area contributed by atoms with Gasteiger partial charge in [-0.05, 0) is 38.2 Å². The lowest BCUT2D eigenvalue weighted by atomic mass is 9.74. The van der Waals surface area contributed by atoms with Gasteiger partial charge in [-0.1, -0.05) is 19.8 Å². The van der Waals surface area contributed by atoms with Crippen LogP contribution in [-0.2, 0) is 5.60 Å². The summed E-state index contributed by atoms with van der Waals surface area (Å²) >= 11 is 0. The lowest BCUT2D eigenvalue weighted by Crippen LogP contribution is -2.32. The van der Waals surface area contributed by atoms with Gasteiger partial charge in [0.2, 0.25) is 0 Å². The minimum absolute atomic E-state index is 0.625. The van der Waals surface area contributed by atoms with Gasteiger partial charge in [-0.15, -0.1) is 0 Å². The molecule has 0 aromatic carbocycles. The van der Waals surface area contributed by atoms with Crippen molar-refractivity contribution in [3.8, 4) is 5.75 Å². The molecule has 1 aromatic rings. The van der Waals surface area contributed by atoms with Crippen LogP contribution in [0.1, 0.15) is 51.5 Å². The van der Waals surface area contributed by atoms with E-state index in [0.717, 1.165) is 37.0 Å². The van der Waals surface area contributed by atoms with Crippen LogP contribution in [0.15, 0.2) is 18.5 Å². The zero-order valence-electron chi connectivity index (χ0n) is 11.4. The fourth-order valence-corrected chi connectivity index (χ4v) is 2.89. The van der Waals surface area contributed by atoms with E-state index in [1.54, 1.807) is 12.4 Å². The van der Waals surface area contributed by atoms with Crippen LogP contribution in [0.2, 0.25) is 0 Å². The molecule has 1 aliphatic carbocycles. The Balaban J connectivity index is 2.20. The van der Waals surface area contributed by atoms with Crippen LogP contribution in [0.5, 0.6) is 5.75 Å². The monoisotopic (exact) mass is 249 g/mol. The molecule has 100 valence electrons. The van der Waals surface area contributed by atoms with E-state index in [9.17, 15) is 5.11 Å². The van der Waals surface area contributed by atoms with Crippen molar-refractivity contribution >= 4 is 0 Å². The maximum atomic E-state index is 10.8. The van der Waals surface area contributed by atoms with Crippen molar-refractivity contribution in [3.05, 3.63) is 24.0 Å². The average molecular weight is 249 g/mol. The van der Waals surface area contributed by atoms with Gasteiger partial charge in [0.15, 0.2) is 0 Å². The van der Waals surface area contributed by atoms with Crippen molar-refractivity contribution in [1.82, 2.24) is 4.98 Å². The number of ether oxygens (including phenoxy) is 1. The molecule has 0 spiro atoms. The molecule has 2 rings (SSSR count). The normalized spacial score (nSPS) is 28.1. The molecule has 18 heavy (non-hydrogen) atoms. The first kappa shape index (κ1) is 13.3. The number of rotatable bonds is 4. The van der Waals surface area contributed by atoms with Crippen molar-refractivity contribution in [1.29, 1.82) is 0 Å². The minimum atomic E-state index is -0.709. The maximum Gasteiger partial charge on any atom is 0.137 e. The van der Waals surface area contributed by atoms with Crippen molar-refractivity contribution in [3.63, 3.8) is 0 Å². The number of nitrogens with zero attached hydrogens (tertiary/aromatic N) is 1. The Bertz CT molecular complexity index is 394. The summed E-state index contributed by atoms with van der Waals surface area (Å²) in [6.45, 7) is 4.78. The van der Waals surface area contributed by atoms with E-state index in [0.29, 0.717) is 12.5 Å². The topological polar surface area (TPSA) is 42.4 Å². The molecular formula is C15H23NO2. The Labute approximate surface area is 109 Å². The van der Waals surface area contributed by atoms with Gasteiger partial charge in [-0.25, -0.2) is 0 Å². The molecule has 1 saturated carbocycles. The molecule has 1 N–H and O–H groups in total. The number of pyridine rings is 1. The molecule has 1 aromatic heterocycles. The third kappa shape index (κ3) is 2.83. The number of aliphatic hydroxyl groups is 1. The summed E-state index contributed by atoms with van der Waals surface area (Å²) < 4.78 is 5.46. The van der Waals surface area contributed by atoms with E-state index >= 15 is 0 Å². The molecule has 2 unspecified atom stereocenters. The molecule has 0 saturated heterocycles. The summed E-state index contributed by atoms with van der Waals surface area (Å²) in [7, 11) is 0. The number of aromatic nitrogens is 1. The molecule has 0 aliphatic heterocycles. The Kier molecular flexibility index (Phi) is 4.23. The summed E-state index contributed by atoms with van der Waals surface area (Å²) in [6.07, 6.45) is 8.63. The van der Waals surface area contributed by atoms with Crippen LogP contribution in [0.25, 0.3) is 0 Å². The highest BCUT2D eigenvalue weighted by Crippen LogP contribution is 2.41. The van der Waals surface area contributed by atoms with Crippen molar-refractivity contribution in [2.24, 2.45) is 5.92 Å². The van der Waals surface area contributed by atoms with Crippen LogP contribution in [0, 0.1) is 5.92 Å². The fraction of sp³-hybridized carbons (Fsp3) is 0.667. The second-order valence-corrected chi connectivity index (χ2v) is 5.24. The third-order valence-electron chi connectivity index (χ3n) is 3.97. The molecule has 1 aliphatic rings. The molecule has 0 radical (unpaired) electrons. The van der Waals surface area contributed by atoms with E-state index in [2.05, 4.69) is 11.9 Å². The molecular weight excluding hydrogens is 226 g/mol. The molecule has 2 atom stereocenters. The fourth-order valence-electron chi connectivity index (χ4n) is 2.89. The molecule has 3 heteroatoms. The number of hydrogen-bond acceptors (Lipinski definition) is 3. The molecule has 0 amide bonds. The lowest BCUT2D eigenvalue weighted by Gasteiger charge is -2.36. The lowest BCUT2D eigenvalue weighted by molar-refractivity contribution is -0.0221. The molecule has 1 fully saturated rings. The average Bonchev–Trinajstić information content (AvgIpc) is 2.39. The molecule has 3 nitrogen and oxygen atoms in total. The van der Waals surface area contributed by atoms with Gasteiger partial charge in [0, 0.05) is 11.8 Å². The van der Waals surface area contributed by atoms with Gasteiger partial charge in [0.25, 0.3) is 0 Å². The highest BCUT2D eigenvalue weighted by atomic mass is 16.5. The van der Waals surface area contributed by atoms with Gasteiger partial charge >= 0.3 is 0 Å². The smallest absolute Gasteiger partial charge is 0.137 e. The maximum absolute atomic E-state index is 10.8. The Morgan fingerprint density at radius 3 is 3.00 bits per heavy atom. The van der Waals surface area contributed by atoms with E-state index in [1.807, 2.05) is 13.0 Å². The van der Waals surface area contributed by atoms with Crippen LogP contribution >= 0.6 is 0 Å². The van der Waals surface area contributed by atoms with Gasteiger partial charge in [0.1, 0.15) is 5.75 Å². The van der Waals surface area contributed by atoms with Gasteiger partial charge < -0.3 is 9.84 Å². The summed E-state index contributed by atoms with van der Waals surface area (Å²) in [4.78, 5) is 4.19. The highest BCUT2D eigenvalue weighted by molar-refractivity contribution is 5.28. The van der Waals surface area contributed by atoms with Crippen molar-refractivity contribution in [2.45, 2.75) is 51.6 Å². The van der Waals surface area contributed by atoms with Crippen molar-refractivity contribution < 1.29 is 9.84 Å². The predicted molar refractivity (Wildman–Crippen MR) is 71.6 cm³/mol. The largest absolute Gasteiger partial charge is 0.492 e. The van der Waals surface area contributed by atoms with E-state index < -0.39 is 5.60 Å². The summed E-state index contributed by atoms with van der Waals surface area (Å²) in [6, 6.07) is 1.94. The van der Waals surface area contributed by atoms with E-state index in [-0.39, 0.29) is 0 Å². The van der Waals surface area contributed by atoms with Crippen LogP contribution in [0.4, 0.5) is 0 Å². The Hall–Kier alpha value is -1.09. The van der Waals surface area contributed by atoms with Crippen LogP contribution < -0.4 is 4.74 Å². The van der Waals surface area contributed by atoms with E-state index in [1.165, 1.54) is 6.42 Å². The van der Waals surface area contributed by atoms with Crippen LogP contribution in [-0.4, -0.2) is 16.7 Å². The second-order valence-electron chi connectivity index (χ2n) is 5.24. The molecule has 1 heterocycles. The quantitative estimate of drug-likeness (QED) is 0.890. The van der Waals surface area contributed by atoms with Crippen molar-refractivity contribution in [2.75, 3.05) is 6.61 Å². The number of hydrogen-bond donors (Lipinski definition) is 1. The zero-order chi connectivity index (χ0) is 13.0. The van der Waals surface area contributed by atoms with Gasteiger partial charge in [-0.3, -0.25) is 4.98 Å². The standard InChI is InChI=1S/C15H23NO2/c1-3-12-6-5-7-15(17,9-12)13-8-14(18-4-2)11-16-10-13/h8,10-12,17H,3-7,9H2,1-2H3. The Morgan fingerprint density at radius 1 is 1.44 bits per heavy atom. The molecule has 0 bridgehead atoms. The SMILES string of the molecule is CCOc1cncc(C2(O)CCCC(CC)C2)c1. The Morgan fingerprint density at radius 2 is 2.28 bits per heavy atom. The highest BCUT2D eigenvalue weighted by Gasteiger charge is 2.35. The second kappa shape index (κ2) is 5.70. The third-order valence-corrected chi connectivity index (χ3v) is 3.97. The summed E-state index contributed by atoms with van der Waals surface area (Å²) in [5, 5.41) is 10.8. The first-order valence-electron chi connectivity index (χ1n) is 6.98. The first-order valence-corrected chi connectivity index (χ1v) is 6.98. The van der Waals surface area contributed by atoms with Crippen LogP contribution in [0.3, 0.4) is 0 Å². The predicted octanol–water partition coefficient (Wildman–Crippen LogP) is 3.27. The summed E-state index contributed by atoms with van der Waals surface area (Å²) in [5.41, 5.74) is 0.200. The van der Waals surface area contributed by atoms with Gasteiger partial charge in [-0.2, -0.15) is 0 Å². The van der Waals surface area contributed by atoms with E-state index in [4.69, 9.17) is 4.74 Å². The first-order chi connectivity index (χ1) is 8.68.